The molecule has 2 aromatic rings. The molecule has 1 aromatic carbocycles. The average Bonchev–Trinajstić information content (AvgIpc) is 2.90. The first-order valence-electron chi connectivity index (χ1n) is 10.7. The third kappa shape index (κ3) is 5.45. The van der Waals surface area contributed by atoms with Crippen molar-refractivity contribution >= 4 is 11.6 Å². The van der Waals surface area contributed by atoms with E-state index in [1.54, 1.807) is 0 Å². The normalized spacial score (nSPS) is 17.4. The van der Waals surface area contributed by atoms with E-state index in [-0.39, 0.29) is 5.78 Å². The van der Waals surface area contributed by atoms with E-state index in [4.69, 9.17) is 4.98 Å². The van der Waals surface area contributed by atoms with E-state index in [0.29, 0.717) is 11.6 Å². The molecule has 1 aromatic heterocycles. The molecule has 158 valence electrons. The minimum Gasteiger partial charge on any atom is -0.355 e. The van der Waals surface area contributed by atoms with Crippen LogP contribution in [0.5, 0.6) is 0 Å². The van der Waals surface area contributed by atoms with Crippen LogP contribution in [-0.2, 0) is 6.42 Å². The molecular weight excluding hydrogens is 370 g/mol. The molecule has 30 heavy (non-hydrogen) atoms. The molecule has 3 rings (SSSR count). The number of carbonyl (C=O) groups excluding carboxylic acids is 1. The highest BCUT2D eigenvalue weighted by Gasteiger charge is 2.23. The minimum atomic E-state index is -0.0344. The van der Waals surface area contributed by atoms with Crippen LogP contribution in [0.15, 0.2) is 61.2 Å². The molecule has 0 saturated carbocycles. The highest BCUT2D eigenvalue weighted by atomic mass is 16.1. The number of hydrogen-bond donors (Lipinski definition) is 0. The number of anilines is 1. The lowest BCUT2D eigenvalue weighted by Gasteiger charge is -2.30. The molecule has 1 atom stereocenters. The lowest BCUT2D eigenvalue weighted by molar-refractivity contribution is 0.104. The molecule has 2 heterocycles. The lowest BCUT2D eigenvalue weighted by Crippen LogP contribution is -2.40. The van der Waals surface area contributed by atoms with Crippen molar-refractivity contribution in [3.05, 3.63) is 83.6 Å². The standard InChI is InChI=1S/C26H33N3O/c1-6-25(30)23-12-11-20(3)24(16-23)15-19(2)17-28-13-8-14-29(18-22(28)5)26-10-7-9-21(4)27-26/h6-7,9-12,16,22H,1-2,8,13-15,17-18H2,3-5H3/t22-/m0/s1. The summed E-state index contributed by atoms with van der Waals surface area (Å²) in [6, 6.07) is 12.5. The van der Waals surface area contributed by atoms with Crippen molar-refractivity contribution in [3.63, 3.8) is 0 Å². The van der Waals surface area contributed by atoms with Gasteiger partial charge in [0.05, 0.1) is 0 Å². The van der Waals surface area contributed by atoms with Crippen LogP contribution in [0.2, 0.25) is 0 Å². The lowest BCUT2D eigenvalue weighted by atomic mass is 9.97. The van der Waals surface area contributed by atoms with Gasteiger partial charge in [-0.05, 0) is 69.0 Å². The zero-order chi connectivity index (χ0) is 21.7. The smallest absolute Gasteiger partial charge is 0.185 e. The summed E-state index contributed by atoms with van der Waals surface area (Å²) >= 11 is 0. The van der Waals surface area contributed by atoms with Gasteiger partial charge >= 0.3 is 0 Å². The van der Waals surface area contributed by atoms with Crippen molar-refractivity contribution in [1.82, 2.24) is 9.88 Å². The van der Waals surface area contributed by atoms with Crippen LogP contribution in [0.3, 0.4) is 0 Å². The van der Waals surface area contributed by atoms with Gasteiger partial charge in [-0.2, -0.15) is 0 Å². The van der Waals surface area contributed by atoms with Crippen molar-refractivity contribution in [3.8, 4) is 0 Å². The van der Waals surface area contributed by atoms with Gasteiger partial charge in [0.15, 0.2) is 5.78 Å². The molecule has 0 N–H and O–H groups in total. The Labute approximate surface area is 180 Å². The van der Waals surface area contributed by atoms with Gasteiger partial charge in [0, 0.05) is 43.5 Å². The maximum Gasteiger partial charge on any atom is 0.185 e. The number of carbonyl (C=O) groups is 1. The van der Waals surface area contributed by atoms with Crippen LogP contribution in [0.1, 0.15) is 40.5 Å². The Morgan fingerprint density at radius 3 is 2.77 bits per heavy atom. The summed E-state index contributed by atoms with van der Waals surface area (Å²) in [7, 11) is 0. The molecule has 1 aliphatic heterocycles. The van der Waals surface area contributed by atoms with Crippen LogP contribution in [0.25, 0.3) is 0 Å². The molecule has 0 bridgehead atoms. The Hall–Kier alpha value is -2.72. The number of hydrogen-bond acceptors (Lipinski definition) is 4. The van der Waals surface area contributed by atoms with E-state index in [1.807, 2.05) is 31.2 Å². The van der Waals surface area contributed by atoms with Crippen molar-refractivity contribution in [1.29, 1.82) is 0 Å². The number of ketones is 1. The van der Waals surface area contributed by atoms with Gasteiger partial charge in [-0.3, -0.25) is 9.69 Å². The second-order valence-electron chi connectivity index (χ2n) is 8.39. The highest BCUT2D eigenvalue weighted by molar-refractivity contribution is 6.04. The number of rotatable bonds is 7. The molecule has 0 unspecified atom stereocenters. The topological polar surface area (TPSA) is 36.4 Å². The average molecular weight is 404 g/mol. The molecule has 1 aliphatic rings. The van der Waals surface area contributed by atoms with Crippen molar-refractivity contribution in [2.45, 2.75) is 39.7 Å². The Morgan fingerprint density at radius 1 is 1.23 bits per heavy atom. The number of nitrogens with zero attached hydrogens (tertiary/aromatic N) is 3. The first-order chi connectivity index (χ1) is 14.4. The van der Waals surface area contributed by atoms with Gasteiger partial charge in [-0.25, -0.2) is 4.98 Å². The Kier molecular flexibility index (Phi) is 7.22. The predicted octanol–water partition coefficient (Wildman–Crippen LogP) is 4.77. The van der Waals surface area contributed by atoms with Crippen molar-refractivity contribution in [2.24, 2.45) is 0 Å². The molecule has 1 saturated heterocycles. The molecule has 4 nitrogen and oxygen atoms in total. The number of aromatic nitrogens is 1. The Morgan fingerprint density at radius 2 is 2.03 bits per heavy atom. The summed E-state index contributed by atoms with van der Waals surface area (Å²) in [6.07, 6.45) is 3.27. The number of benzene rings is 1. The summed E-state index contributed by atoms with van der Waals surface area (Å²) in [5.41, 5.74) is 5.29. The van der Waals surface area contributed by atoms with E-state index in [1.165, 1.54) is 22.8 Å². The third-order valence-electron chi connectivity index (χ3n) is 5.87. The summed E-state index contributed by atoms with van der Waals surface area (Å²) < 4.78 is 0. The van der Waals surface area contributed by atoms with Crippen LogP contribution in [0.4, 0.5) is 5.82 Å². The summed E-state index contributed by atoms with van der Waals surface area (Å²) in [5, 5.41) is 0. The van der Waals surface area contributed by atoms with Gasteiger partial charge < -0.3 is 4.90 Å². The van der Waals surface area contributed by atoms with Crippen LogP contribution < -0.4 is 4.90 Å². The monoisotopic (exact) mass is 403 g/mol. The maximum atomic E-state index is 12.0. The summed E-state index contributed by atoms with van der Waals surface area (Å²) in [6.45, 7) is 18.3. The number of allylic oxidation sites excluding steroid dienone is 1. The second-order valence-corrected chi connectivity index (χ2v) is 8.39. The van der Waals surface area contributed by atoms with Crippen LogP contribution >= 0.6 is 0 Å². The van der Waals surface area contributed by atoms with Gasteiger partial charge in [0.2, 0.25) is 0 Å². The fourth-order valence-electron chi connectivity index (χ4n) is 4.10. The SMILES string of the molecule is C=CC(=O)c1ccc(C)c(CC(=C)CN2CCCN(c3cccc(C)n3)C[C@@H]2C)c1. The van der Waals surface area contributed by atoms with Crippen molar-refractivity contribution in [2.75, 3.05) is 31.1 Å². The summed E-state index contributed by atoms with van der Waals surface area (Å²) in [5.74, 6) is 1.04. The highest BCUT2D eigenvalue weighted by Crippen LogP contribution is 2.20. The molecular formula is C26H33N3O. The third-order valence-corrected chi connectivity index (χ3v) is 5.87. The maximum absolute atomic E-state index is 12.0. The van der Waals surface area contributed by atoms with Gasteiger partial charge in [0.1, 0.15) is 5.82 Å². The number of aryl methyl sites for hydroxylation is 2. The van der Waals surface area contributed by atoms with E-state index < -0.39 is 0 Å². The Bertz CT molecular complexity index is 934. The minimum absolute atomic E-state index is 0.0344. The fraction of sp³-hybridized carbons (Fsp3) is 0.385. The van der Waals surface area contributed by atoms with E-state index in [0.717, 1.165) is 50.5 Å². The first kappa shape index (κ1) is 22.0. The fourth-order valence-corrected chi connectivity index (χ4v) is 4.10. The zero-order valence-corrected chi connectivity index (χ0v) is 18.5. The second kappa shape index (κ2) is 9.86. The largest absolute Gasteiger partial charge is 0.355 e. The molecule has 1 fully saturated rings. The van der Waals surface area contributed by atoms with Gasteiger partial charge in [-0.1, -0.05) is 36.9 Å². The van der Waals surface area contributed by atoms with Crippen molar-refractivity contribution < 1.29 is 4.79 Å². The van der Waals surface area contributed by atoms with Gasteiger partial charge in [0.25, 0.3) is 0 Å². The molecule has 0 radical (unpaired) electrons. The zero-order valence-electron chi connectivity index (χ0n) is 18.5. The molecule has 0 spiro atoms. The van der Waals surface area contributed by atoms with E-state index >= 15 is 0 Å². The van der Waals surface area contributed by atoms with E-state index in [2.05, 4.69) is 48.9 Å². The van der Waals surface area contributed by atoms with Crippen LogP contribution in [0, 0.1) is 13.8 Å². The van der Waals surface area contributed by atoms with Crippen LogP contribution in [-0.4, -0.2) is 47.9 Å². The van der Waals surface area contributed by atoms with E-state index in [9.17, 15) is 4.79 Å². The molecule has 4 heteroatoms. The van der Waals surface area contributed by atoms with Gasteiger partial charge in [-0.15, -0.1) is 0 Å². The quantitative estimate of drug-likeness (QED) is 0.379. The first-order valence-corrected chi connectivity index (χ1v) is 10.7. The molecule has 0 amide bonds. The Balaban J connectivity index is 1.64. The molecule has 0 aliphatic carbocycles. The predicted molar refractivity (Wildman–Crippen MR) is 125 cm³/mol. The number of pyridine rings is 1. The summed E-state index contributed by atoms with van der Waals surface area (Å²) in [4.78, 5) is 21.6.